The van der Waals surface area contributed by atoms with Crippen molar-refractivity contribution in [1.29, 1.82) is 0 Å². The molecule has 0 amide bonds. The summed E-state index contributed by atoms with van der Waals surface area (Å²) < 4.78 is 50.1. The lowest BCUT2D eigenvalue weighted by molar-refractivity contribution is -0.0118. The van der Waals surface area contributed by atoms with E-state index in [1.807, 2.05) is 0 Å². The number of halogens is 4. The summed E-state index contributed by atoms with van der Waals surface area (Å²) in [5.41, 5.74) is 0. The summed E-state index contributed by atoms with van der Waals surface area (Å²) in [4.78, 5) is 0. The number of hydrogen-bond acceptors (Lipinski definition) is 0. The highest BCUT2D eigenvalue weighted by Crippen LogP contribution is 2.25. The number of hydrogen-bond donors (Lipinski definition) is 0. The highest BCUT2D eigenvalue weighted by Gasteiger charge is 2.25. The van der Waals surface area contributed by atoms with Gasteiger partial charge in [-0.25, -0.2) is 17.6 Å². The fourth-order valence-electron chi connectivity index (χ4n) is 1.19. The molecule has 0 saturated heterocycles. The van der Waals surface area contributed by atoms with Crippen LogP contribution in [0, 0.1) is 6.42 Å². The molecule has 0 heterocycles. The van der Waals surface area contributed by atoms with Crippen molar-refractivity contribution in [1.82, 2.24) is 0 Å². The van der Waals surface area contributed by atoms with E-state index in [4.69, 9.17) is 0 Å². The maximum atomic E-state index is 12.7. The highest BCUT2D eigenvalue weighted by molar-refractivity contribution is 4.72. The van der Waals surface area contributed by atoms with E-state index in [1.54, 1.807) is 6.42 Å². The molecule has 0 aliphatic heterocycles. The number of unbranched alkanes of at least 4 members (excludes halogenated alkanes) is 3. The molecule has 0 unspecified atom stereocenters. The van der Waals surface area contributed by atoms with Crippen LogP contribution in [0.15, 0.2) is 0 Å². The van der Waals surface area contributed by atoms with Crippen LogP contribution in [-0.4, -0.2) is 11.8 Å². The molecule has 0 nitrogen and oxygen atoms in total. The Labute approximate surface area is 89.1 Å². The van der Waals surface area contributed by atoms with Gasteiger partial charge in [0.2, 0.25) is 11.8 Å². The van der Waals surface area contributed by atoms with Crippen LogP contribution in [0.5, 0.6) is 0 Å². The van der Waals surface area contributed by atoms with Gasteiger partial charge in [-0.15, -0.1) is 0 Å². The van der Waals surface area contributed by atoms with Crippen molar-refractivity contribution in [2.75, 3.05) is 0 Å². The number of alkyl halides is 4. The summed E-state index contributed by atoms with van der Waals surface area (Å²) in [5, 5.41) is 0. The summed E-state index contributed by atoms with van der Waals surface area (Å²) >= 11 is 0. The van der Waals surface area contributed by atoms with Gasteiger partial charge in [-0.2, -0.15) is 0 Å². The molecule has 0 aliphatic carbocycles. The highest BCUT2D eigenvalue weighted by atomic mass is 19.3. The Morgan fingerprint density at radius 1 is 1.00 bits per heavy atom. The van der Waals surface area contributed by atoms with Crippen LogP contribution in [0.25, 0.3) is 0 Å². The predicted octanol–water partition coefficient (Wildman–Crippen LogP) is 4.84. The van der Waals surface area contributed by atoms with Crippen molar-refractivity contribution in [3.05, 3.63) is 6.42 Å². The molecular weight excluding hydrogens is 208 g/mol. The third-order valence-corrected chi connectivity index (χ3v) is 2.26. The van der Waals surface area contributed by atoms with E-state index >= 15 is 0 Å². The molecule has 0 atom stereocenters. The summed E-state index contributed by atoms with van der Waals surface area (Å²) in [7, 11) is 0. The zero-order valence-electron chi connectivity index (χ0n) is 9.33. The Hall–Kier alpha value is -0.280. The average molecular weight is 227 g/mol. The minimum absolute atomic E-state index is 0.159. The van der Waals surface area contributed by atoms with Crippen molar-refractivity contribution in [3.8, 4) is 0 Å². The third kappa shape index (κ3) is 10.0. The van der Waals surface area contributed by atoms with E-state index in [9.17, 15) is 17.6 Å². The standard InChI is InChI=1S/C11H19F4/c1-3-11(14,15)9-7-5-4-6-8-10(2,12)13/h5H,3-4,6-9H2,1-2H3. The first kappa shape index (κ1) is 14.7. The lowest BCUT2D eigenvalue weighted by Crippen LogP contribution is -2.13. The molecule has 0 bridgehead atoms. The topological polar surface area (TPSA) is 0 Å². The van der Waals surface area contributed by atoms with Crippen LogP contribution in [0.3, 0.4) is 0 Å². The molecule has 4 heteroatoms. The maximum Gasteiger partial charge on any atom is 0.247 e. The zero-order chi connectivity index (χ0) is 11.9. The van der Waals surface area contributed by atoms with Crippen LogP contribution in [0.1, 0.15) is 52.4 Å². The molecule has 0 saturated carbocycles. The second kappa shape index (κ2) is 6.33. The van der Waals surface area contributed by atoms with Gasteiger partial charge in [0.1, 0.15) is 0 Å². The monoisotopic (exact) mass is 227 g/mol. The van der Waals surface area contributed by atoms with Crippen molar-refractivity contribution in [2.45, 2.75) is 64.2 Å². The van der Waals surface area contributed by atoms with Gasteiger partial charge < -0.3 is 0 Å². The average Bonchev–Trinajstić information content (AvgIpc) is 2.09. The molecule has 0 rings (SSSR count). The van der Waals surface area contributed by atoms with Crippen molar-refractivity contribution >= 4 is 0 Å². The zero-order valence-corrected chi connectivity index (χ0v) is 9.33. The number of rotatable bonds is 8. The molecule has 15 heavy (non-hydrogen) atoms. The van der Waals surface area contributed by atoms with Crippen LogP contribution in [0.2, 0.25) is 0 Å². The van der Waals surface area contributed by atoms with E-state index in [0.717, 1.165) is 6.92 Å². The Morgan fingerprint density at radius 2 is 1.60 bits per heavy atom. The maximum absolute atomic E-state index is 12.7. The molecule has 0 spiro atoms. The van der Waals surface area contributed by atoms with Crippen molar-refractivity contribution in [2.24, 2.45) is 0 Å². The summed E-state index contributed by atoms with van der Waals surface area (Å²) in [5.74, 6) is -5.24. The van der Waals surface area contributed by atoms with Crippen LogP contribution >= 0.6 is 0 Å². The molecule has 0 N–H and O–H groups in total. The first-order valence-corrected chi connectivity index (χ1v) is 5.34. The molecular formula is C11H19F4. The van der Waals surface area contributed by atoms with Gasteiger partial charge >= 0.3 is 0 Å². The van der Waals surface area contributed by atoms with Gasteiger partial charge in [-0.3, -0.25) is 0 Å². The lowest BCUT2D eigenvalue weighted by atomic mass is 10.0. The van der Waals surface area contributed by atoms with E-state index in [-0.39, 0.29) is 19.3 Å². The smallest absolute Gasteiger partial charge is 0.207 e. The Balaban J connectivity index is 3.33. The molecule has 0 aliphatic rings. The van der Waals surface area contributed by atoms with Crippen LogP contribution < -0.4 is 0 Å². The molecule has 0 aromatic carbocycles. The quantitative estimate of drug-likeness (QED) is 0.411. The minimum atomic E-state index is -2.64. The van der Waals surface area contributed by atoms with Gasteiger partial charge in [0.25, 0.3) is 0 Å². The fraction of sp³-hybridized carbons (Fsp3) is 0.909. The molecule has 0 fully saturated rings. The predicted molar refractivity (Wildman–Crippen MR) is 53.2 cm³/mol. The second-order valence-electron chi connectivity index (χ2n) is 4.00. The summed E-state index contributed by atoms with van der Waals surface area (Å²) in [6.45, 7) is 2.32. The largest absolute Gasteiger partial charge is 0.247 e. The second-order valence-corrected chi connectivity index (χ2v) is 4.00. The Kier molecular flexibility index (Phi) is 6.22. The molecule has 0 aromatic heterocycles. The van der Waals surface area contributed by atoms with E-state index in [0.29, 0.717) is 19.3 Å². The van der Waals surface area contributed by atoms with Crippen molar-refractivity contribution in [3.63, 3.8) is 0 Å². The third-order valence-electron chi connectivity index (χ3n) is 2.26. The van der Waals surface area contributed by atoms with Gasteiger partial charge in [0.15, 0.2) is 0 Å². The van der Waals surface area contributed by atoms with E-state index in [1.165, 1.54) is 6.92 Å². The van der Waals surface area contributed by atoms with E-state index < -0.39 is 11.8 Å². The fourth-order valence-corrected chi connectivity index (χ4v) is 1.19. The van der Waals surface area contributed by atoms with E-state index in [2.05, 4.69) is 0 Å². The van der Waals surface area contributed by atoms with Gasteiger partial charge in [0.05, 0.1) is 0 Å². The van der Waals surface area contributed by atoms with Crippen molar-refractivity contribution < 1.29 is 17.6 Å². The SMILES string of the molecule is CCC(F)(F)CC[CH]CCCC(C)(F)F. The van der Waals surface area contributed by atoms with Crippen LogP contribution in [-0.2, 0) is 0 Å². The summed E-state index contributed by atoms with van der Waals surface area (Å²) in [6.07, 6.45) is 2.32. The van der Waals surface area contributed by atoms with Crippen LogP contribution in [0.4, 0.5) is 17.6 Å². The first-order valence-electron chi connectivity index (χ1n) is 5.34. The van der Waals surface area contributed by atoms with Gasteiger partial charge in [0, 0.05) is 19.3 Å². The van der Waals surface area contributed by atoms with Gasteiger partial charge in [-0.1, -0.05) is 6.92 Å². The lowest BCUT2D eigenvalue weighted by Gasteiger charge is -2.13. The normalized spacial score (nSPS) is 13.2. The molecule has 0 aromatic rings. The minimum Gasteiger partial charge on any atom is -0.207 e. The Bertz CT molecular complexity index is 160. The first-order chi connectivity index (χ1) is 6.77. The molecule has 91 valence electrons. The van der Waals surface area contributed by atoms with Gasteiger partial charge in [-0.05, 0) is 32.6 Å². The Morgan fingerprint density at radius 3 is 2.07 bits per heavy atom. The molecule has 1 radical (unpaired) electrons. The summed E-state index contributed by atoms with van der Waals surface area (Å²) in [6, 6.07) is 0.